The zero-order chi connectivity index (χ0) is 13.8. The van der Waals surface area contributed by atoms with E-state index in [2.05, 4.69) is 0 Å². The van der Waals surface area contributed by atoms with Crippen molar-refractivity contribution in [2.24, 2.45) is 0 Å². The van der Waals surface area contributed by atoms with Gasteiger partial charge in [-0.15, -0.1) is 11.6 Å². The summed E-state index contributed by atoms with van der Waals surface area (Å²) in [6, 6.07) is 4.75. The number of hydrogen-bond acceptors (Lipinski definition) is 3. The van der Waals surface area contributed by atoms with Crippen molar-refractivity contribution < 1.29 is 13.2 Å². The van der Waals surface area contributed by atoms with Gasteiger partial charge >= 0.3 is 0 Å². The number of ether oxygens (including phenoxy) is 1. The van der Waals surface area contributed by atoms with Gasteiger partial charge in [-0.25, -0.2) is 8.42 Å². The van der Waals surface area contributed by atoms with Gasteiger partial charge in [-0.1, -0.05) is 13.8 Å². The molecule has 1 aromatic carbocycles. The molecule has 0 spiro atoms. The number of hydrogen-bond donors (Lipinski definition) is 0. The van der Waals surface area contributed by atoms with Crippen LogP contribution in [0.4, 0.5) is 0 Å². The molecule has 0 amide bonds. The maximum Gasteiger partial charge on any atom is 0.243 e. The van der Waals surface area contributed by atoms with Crippen LogP contribution in [0.15, 0.2) is 23.1 Å². The van der Waals surface area contributed by atoms with Gasteiger partial charge in [-0.3, -0.25) is 0 Å². The molecule has 18 heavy (non-hydrogen) atoms. The minimum atomic E-state index is -3.44. The maximum absolute atomic E-state index is 12.3. The molecule has 0 aliphatic heterocycles. The first kappa shape index (κ1) is 15.3. The molecule has 1 aromatic rings. The summed E-state index contributed by atoms with van der Waals surface area (Å²) in [5.74, 6) is 0.814. The highest BCUT2D eigenvalue weighted by Crippen LogP contribution is 2.25. The third kappa shape index (κ3) is 2.96. The fourth-order valence-corrected chi connectivity index (χ4v) is 3.45. The lowest BCUT2D eigenvalue weighted by atomic mass is 10.2. The van der Waals surface area contributed by atoms with Gasteiger partial charge in [0.05, 0.1) is 17.9 Å². The molecule has 0 N–H and O–H groups in total. The van der Waals surface area contributed by atoms with E-state index >= 15 is 0 Å². The monoisotopic (exact) mass is 291 g/mol. The Hall–Kier alpha value is -0.780. The summed E-state index contributed by atoms with van der Waals surface area (Å²) in [6.45, 7) is 4.52. The summed E-state index contributed by atoms with van der Waals surface area (Å²) in [4.78, 5) is 0.252. The van der Waals surface area contributed by atoms with Crippen molar-refractivity contribution in [3.8, 4) is 5.75 Å². The van der Waals surface area contributed by atoms with Crippen molar-refractivity contribution in [2.45, 2.75) is 24.6 Å². The number of methoxy groups -OCH3 is 1. The van der Waals surface area contributed by atoms with Gasteiger partial charge in [-0.2, -0.15) is 4.31 Å². The number of benzene rings is 1. The summed E-state index contributed by atoms with van der Waals surface area (Å²) in [5, 5.41) is 0. The van der Waals surface area contributed by atoms with E-state index in [-0.39, 0.29) is 10.8 Å². The molecule has 6 heteroatoms. The summed E-state index contributed by atoms with van der Waals surface area (Å²) in [6.07, 6.45) is 0. The molecule has 0 aliphatic rings. The van der Waals surface area contributed by atoms with Crippen molar-refractivity contribution in [3.63, 3.8) is 0 Å². The van der Waals surface area contributed by atoms with Crippen molar-refractivity contribution >= 4 is 21.6 Å². The second kappa shape index (κ2) is 6.41. The van der Waals surface area contributed by atoms with E-state index in [0.717, 1.165) is 0 Å². The Morgan fingerprint density at radius 2 is 1.89 bits per heavy atom. The molecule has 0 aliphatic carbocycles. The molecule has 0 saturated carbocycles. The zero-order valence-corrected chi connectivity index (χ0v) is 12.4. The van der Waals surface area contributed by atoms with Gasteiger partial charge in [0.15, 0.2) is 0 Å². The van der Waals surface area contributed by atoms with Crippen LogP contribution < -0.4 is 4.74 Å². The molecule has 1 rings (SSSR count). The summed E-state index contributed by atoms with van der Waals surface area (Å²) < 4.78 is 31.1. The first-order chi connectivity index (χ1) is 8.51. The Bertz CT molecular complexity index is 498. The molecule has 0 radical (unpaired) electrons. The quantitative estimate of drug-likeness (QED) is 0.757. The Morgan fingerprint density at radius 3 is 2.33 bits per heavy atom. The third-order valence-corrected chi connectivity index (χ3v) is 5.07. The third-order valence-electron chi connectivity index (χ3n) is 2.74. The smallest absolute Gasteiger partial charge is 0.243 e. The van der Waals surface area contributed by atoms with Gasteiger partial charge in [0, 0.05) is 18.7 Å². The lowest BCUT2D eigenvalue weighted by molar-refractivity contribution is 0.410. The number of rotatable bonds is 6. The molecule has 4 nitrogen and oxygen atoms in total. The van der Waals surface area contributed by atoms with Crippen LogP contribution in [0.3, 0.4) is 0 Å². The zero-order valence-electron chi connectivity index (χ0n) is 10.8. The molecular formula is C12H18ClNO3S. The number of sulfonamides is 1. The first-order valence-electron chi connectivity index (χ1n) is 5.74. The van der Waals surface area contributed by atoms with Crippen LogP contribution in [-0.2, 0) is 15.9 Å². The molecule has 0 heterocycles. The molecule has 0 fully saturated rings. The highest BCUT2D eigenvalue weighted by molar-refractivity contribution is 7.89. The number of alkyl halides is 1. The van der Waals surface area contributed by atoms with Gasteiger partial charge in [-0.05, 0) is 18.2 Å². The van der Waals surface area contributed by atoms with Crippen LogP contribution in [0.25, 0.3) is 0 Å². The lowest BCUT2D eigenvalue weighted by Crippen LogP contribution is -2.30. The van der Waals surface area contributed by atoms with E-state index in [1.165, 1.54) is 11.4 Å². The molecule has 0 bridgehead atoms. The van der Waals surface area contributed by atoms with Crippen LogP contribution in [0.1, 0.15) is 19.4 Å². The van der Waals surface area contributed by atoms with E-state index in [1.54, 1.807) is 18.2 Å². The van der Waals surface area contributed by atoms with Gasteiger partial charge < -0.3 is 4.74 Å². The van der Waals surface area contributed by atoms with E-state index in [4.69, 9.17) is 16.3 Å². The van der Waals surface area contributed by atoms with Gasteiger partial charge in [0.1, 0.15) is 5.75 Å². The minimum absolute atomic E-state index is 0.213. The number of halogens is 1. The van der Waals surface area contributed by atoms with Crippen molar-refractivity contribution in [1.29, 1.82) is 0 Å². The topological polar surface area (TPSA) is 46.6 Å². The highest BCUT2D eigenvalue weighted by Gasteiger charge is 2.22. The molecule has 102 valence electrons. The van der Waals surface area contributed by atoms with Gasteiger partial charge in [0.2, 0.25) is 10.0 Å². The Morgan fingerprint density at radius 1 is 1.28 bits per heavy atom. The minimum Gasteiger partial charge on any atom is -0.496 e. The normalized spacial score (nSPS) is 11.8. The Labute approximate surface area is 114 Å². The van der Waals surface area contributed by atoms with Crippen LogP contribution in [0, 0.1) is 0 Å². The standard InChI is InChI=1S/C12H18ClNO3S/c1-4-14(5-2)18(15,16)11-6-7-12(17-3)10(8-11)9-13/h6-8H,4-5,9H2,1-3H3. The second-order valence-corrected chi connectivity index (χ2v) is 5.90. The van der Waals surface area contributed by atoms with Crippen LogP contribution in [0.2, 0.25) is 0 Å². The van der Waals surface area contributed by atoms with Crippen molar-refractivity contribution in [3.05, 3.63) is 23.8 Å². The Balaban J connectivity index is 3.25. The maximum atomic E-state index is 12.3. The fraction of sp³-hybridized carbons (Fsp3) is 0.500. The van der Waals surface area contributed by atoms with E-state index < -0.39 is 10.0 Å². The predicted molar refractivity (Wildman–Crippen MR) is 72.7 cm³/mol. The van der Waals surface area contributed by atoms with Gasteiger partial charge in [0.25, 0.3) is 0 Å². The summed E-state index contributed by atoms with van der Waals surface area (Å²) >= 11 is 5.79. The Kier molecular flexibility index (Phi) is 5.44. The van der Waals surface area contributed by atoms with E-state index in [9.17, 15) is 8.42 Å². The molecule has 0 atom stereocenters. The fourth-order valence-electron chi connectivity index (χ4n) is 1.73. The molecule has 0 aromatic heterocycles. The van der Waals surface area contributed by atoms with Crippen molar-refractivity contribution in [2.75, 3.05) is 20.2 Å². The van der Waals surface area contributed by atoms with Crippen LogP contribution in [-0.4, -0.2) is 32.9 Å². The van der Waals surface area contributed by atoms with E-state index in [1.807, 2.05) is 13.8 Å². The number of nitrogens with zero attached hydrogens (tertiary/aromatic N) is 1. The van der Waals surface area contributed by atoms with Crippen LogP contribution >= 0.6 is 11.6 Å². The van der Waals surface area contributed by atoms with Crippen molar-refractivity contribution in [1.82, 2.24) is 4.31 Å². The first-order valence-corrected chi connectivity index (χ1v) is 7.71. The molecule has 0 unspecified atom stereocenters. The SMILES string of the molecule is CCN(CC)S(=O)(=O)c1ccc(OC)c(CCl)c1. The average molecular weight is 292 g/mol. The molecular weight excluding hydrogens is 274 g/mol. The largest absolute Gasteiger partial charge is 0.496 e. The highest BCUT2D eigenvalue weighted by atomic mass is 35.5. The second-order valence-electron chi connectivity index (χ2n) is 3.70. The average Bonchev–Trinajstić information content (AvgIpc) is 2.38. The summed E-state index contributed by atoms with van der Waals surface area (Å²) in [7, 11) is -1.91. The predicted octanol–water partition coefficient (Wildman–Crippen LogP) is 2.46. The lowest BCUT2D eigenvalue weighted by Gasteiger charge is -2.19. The molecule has 0 saturated heterocycles. The van der Waals surface area contributed by atoms with E-state index in [0.29, 0.717) is 24.4 Å². The van der Waals surface area contributed by atoms with Crippen LogP contribution in [0.5, 0.6) is 5.75 Å². The summed E-state index contributed by atoms with van der Waals surface area (Å²) in [5.41, 5.74) is 0.674.